The lowest BCUT2D eigenvalue weighted by molar-refractivity contribution is -0.178. The van der Waals surface area contributed by atoms with Crippen molar-refractivity contribution in [2.45, 2.75) is 37.4 Å². The number of hydrogen-bond donors (Lipinski definition) is 1. The van der Waals surface area contributed by atoms with Gasteiger partial charge in [0.2, 0.25) is 0 Å². The summed E-state index contributed by atoms with van der Waals surface area (Å²) in [6.45, 7) is 1.47. The Kier molecular flexibility index (Phi) is 2.81. The Labute approximate surface area is 101 Å². The number of ether oxygens (including phenoxy) is 2. The maximum absolute atomic E-state index is 9.50. The van der Waals surface area contributed by atoms with Crippen LogP contribution in [-0.4, -0.2) is 24.1 Å². The molecule has 0 bridgehead atoms. The summed E-state index contributed by atoms with van der Waals surface area (Å²) >= 11 is 0. The quantitative estimate of drug-likeness (QED) is 0.812. The van der Waals surface area contributed by atoms with Gasteiger partial charge in [0.1, 0.15) is 5.75 Å². The van der Waals surface area contributed by atoms with Crippen molar-refractivity contribution in [3.63, 3.8) is 0 Å². The van der Waals surface area contributed by atoms with Gasteiger partial charge < -0.3 is 14.6 Å². The van der Waals surface area contributed by atoms with Gasteiger partial charge in [0.15, 0.2) is 5.79 Å². The molecule has 1 N–H and O–H groups in total. The lowest BCUT2D eigenvalue weighted by Gasteiger charge is -2.35. The fourth-order valence-corrected chi connectivity index (χ4v) is 2.96. The minimum atomic E-state index is -0.284. The van der Waals surface area contributed by atoms with E-state index in [1.165, 1.54) is 5.56 Å². The van der Waals surface area contributed by atoms with E-state index < -0.39 is 0 Å². The number of phenols is 1. The normalized spacial score (nSPS) is 24.2. The van der Waals surface area contributed by atoms with Crippen molar-refractivity contribution in [3.05, 3.63) is 29.8 Å². The van der Waals surface area contributed by atoms with Crippen LogP contribution in [0.4, 0.5) is 0 Å². The second-order valence-corrected chi connectivity index (χ2v) is 4.98. The van der Waals surface area contributed by atoms with Crippen molar-refractivity contribution < 1.29 is 14.6 Å². The van der Waals surface area contributed by atoms with Crippen LogP contribution in [0.3, 0.4) is 0 Å². The van der Waals surface area contributed by atoms with E-state index in [-0.39, 0.29) is 5.79 Å². The number of hydrogen-bond acceptors (Lipinski definition) is 3. The van der Waals surface area contributed by atoms with Crippen LogP contribution in [0.5, 0.6) is 5.75 Å². The van der Waals surface area contributed by atoms with Gasteiger partial charge in [-0.05, 0) is 36.5 Å². The zero-order valence-electron chi connectivity index (χ0n) is 9.89. The van der Waals surface area contributed by atoms with Crippen LogP contribution >= 0.6 is 0 Å². The molecule has 3 nitrogen and oxygen atoms in total. The van der Waals surface area contributed by atoms with Gasteiger partial charge in [0.05, 0.1) is 13.2 Å². The molecule has 0 unspecified atom stereocenters. The lowest BCUT2D eigenvalue weighted by atomic mass is 9.81. The smallest absolute Gasteiger partial charge is 0.168 e. The summed E-state index contributed by atoms with van der Waals surface area (Å²) in [5, 5.41) is 9.50. The average Bonchev–Trinajstić information content (AvgIpc) is 2.79. The second-order valence-electron chi connectivity index (χ2n) is 4.98. The largest absolute Gasteiger partial charge is 0.508 e. The maximum atomic E-state index is 9.50. The molecule has 0 amide bonds. The van der Waals surface area contributed by atoms with E-state index in [0.29, 0.717) is 11.7 Å². The summed E-state index contributed by atoms with van der Waals surface area (Å²) in [5.74, 6) is 0.601. The van der Waals surface area contributed by atoms with E-state index in [1.807, 2.05) is 12.1 Å². The average molecular weight is 234 g/mol. The third kappa shape index (κ3) is 2.17. The summed E-state index contributed by atoms with van der Waals surface area (Å²) in [7, 11) is 0. The van der Waals surface area contributed by atoms with Gasteiger partial charge in [-0.15, -0.1) is 0 Å². The van der Waals surface area contributed by atoms with Crippen molar-refractivity contribution in [2.24, 2.45) is 0 Å². The second kappa shape index (κ2) is 4.31. The molecule has 2 fully saturated rings. The van der Waals surface area contributed by atoms with Crippen LogP contribution in [0.1, 0.15) is 37.2 Å². The molecule has 0 radical (unpaired) electrons. The van der Waals surface area contributed by atoms with Gasteiger partial charge in [-0.1, -0.05) is 12.1 Å². The zero-order chi connectivity index (χ0) is 11.7. The predicted octanol–water partition coefficient (Wildman–Crippen LogP) is 2.79. The first kappa shape index (κ1) is 11.1. The van der Waals surface area contributed by atoms with Crippen LogP contribution in [0, 0.1) is 0 Å². The molecule has 1 aromatic rings. The van der Waals surface area contributed by atoms with Gasteiger partial charge in [-0.3, -0.25) is 0 Å². The van der Waals surface area contributed by atoms with E-state index in [2.05, 4.69) is 6.07 Å². The fourth-order valence-electron chi connectivity index (χ4n) is 2.96. The molecule has 3 heteroatoms. The first-order valence-corrected chi connectivity index (χ1v) is 6.34. The Bertz CT molecular complexity index is 386. The van der Waals surface area contributed by atoms with Crippen molar-refractivity contribution in [1.82, 2.24) is 0 Å². The van der Waals surface area contributed by atoms with Gasteiger partial charge in [0, 0.05) is 12.8 Å². The number of phenolic OH excluding ortho intramolecular Hbond substituents is 1. The Hall–Kier alpha value is -1.06. The minimum absolute atomic E-state index is 0.284. The molecule has 2 aliphatic rings. The lowest BCUT2D eigenvalue weighted by Crippen LogP contribution is -2.34. The fraction of sp³-hybridized carbons (Fsp3) is 0.571. The van der Waals surface area contributed by atoms with E-state index in [1.54, 1.807) is 6.07 Å². The van der Waals surface area contributed by atoms with Crippen LogP contribution in [0.15, 0.2) is 24.3 Å². The van der Waals surface area contributed by atoms with E-state index >= 15 is 0 Å². The van der Waals surface area contributed by atoms with E-state index in [0.717, 1.165) is 38.9 Å². The molecule has 1 aliphatic carbocycles. The van der Waals surface area contributed by atoms with Crippen LogP contribution in [0.25, 0.3) is 0 Å². The highest BCUT2D eigenvalue weighted by molar-refractivity contribution is 5.30. The third-order valence-corrected chi connectivity index (χ3v) is 3.90. The number of rotatable bonds is 1. The molecule has 1 aromatic carbocycles. The molecular formula is C14H18O3. The Morgan fingerprint density at radius 2 is 1.82 bits per heavy atom. The van der Waals surface area contributed by atoms with Gasteiger partial charge in [0.25, 0.3) is 0 Å². The van der Waals surface area contributed by atoms with E-state index in [9.17, 15) is 5.11 Å². The Morgan fingerprint density at radius 3 is 2.47 bits per heavy atom. The molecule has 0 atom stereocenters. The molecule has 1 aliphatic heterocycles. The molecule has 1 saturated heterocycles. The highest BCUT2D eigenvalue weighted by Crippen LogP contribution is 2.42. The molecule has 1 saturated carbocycles. The first-order chi connectivity index (χ1) is 8.27. The van der Waals surface area contributed by atoms with Crippen molar-refractivity contribution in [2.75, 3.05) is 13.2 Å². The minimum Gasteiger partial charge on any atom is -0.508 e. The third-order valence-electron chi connectivity index (χ3n) is 3.90. The zero-order valence-corrected chi connectivity index (χ0v) is 9.89. The highest BCUT2D eigenvalue weighted by Gasteiger charge is 2.40. The van der Waals surface area contributed by atoms with Gasteiger partial charge >= 0.3 is 0 Å². The van der Waals surface area contributed by atoms with Crippen molar-refractivity contribution in [1.29, 1.82) is 0 Å². The van der Waals surface area contributed by atoms with E-state index in [4.69, 9.17) is 9.47 Å². The predicted molar refractivity (Wildman–Crippen MR) is 64.0 cm³/mol. The van der Waals surface area contributed by atoms with Crippen molar-refractivity contribution in [3.8, 4) is 5.75 Å². The Balaban J connectivity index is 1.68. The summed E-state index contributed by atoms with van der Waals surface area (Å²) in [5.41, 5.74) is 1.23. The maximum Gasteiger partial charge on any atom is 0.168 e. The SMILES string of the molecule is Oc1cccc(C2CCC3(CC2)OCCO3)c1. The molecule has 1 spiro atoms. The summed E-state index contributed by atoms with van der Waals surface area (Å²) in [6, 6.07) is 7.60. The monoisotopic (exact) mass is 234 g/mol. The molecule has 1 heterocycles. The standard InChI is InChI=1S/C14H18O3/c15-13-3-1-2-12(10-13)11-4-6-14(7-5-11)16-8-9-17-14/h1-3,10-11,15H,4-9H2. The van der Waals surface area contributed by atoms with Gasteiger partial charge in [-0.25, -0.2) is 0 Å². The number of aromatic hydroxyl groups is 1. The molecule has 17 heavy (non-hydrogen) atoms. The first-order valence-electron chi connectivity index (χ1n) is 6.34. The van der Waals surface area contributed by atoms with Crippen LogP contribution in [-0.2, 0) is 9.47 Å². The van der Waals surface area contributed by atoms with Crippen LogP contribution in [0.2, 0.25) is 0 Å². The Morgan fingerprint density at radius 1 is 1.12 bits per heavy atom. The molecule has 92 valence electrons. The highest BCUT2D eigenvalue weighted by atomic mass is 16.7. The summed E-state index contributed by atoms with van der Waals surface area (Å²) in [6.07, 6.45) is 4.08. The van der Waals surface area contributed by atoms with Crippen LogP contribution < -0.4 is 0 Å². The van der Waals surface area contributed by atoms with Crippen molar-refractivity contribution >= 4 is 0 Å². The van der Waals surface area contributed by atoms with Gasteiger partial charge in [-0.2, -0.15) is 0 Å². The topological polar surface area (TPSA) is 38.7 Å². The summed E-state index contributed by atoms with van der Waals surface area (Å²) < 4.78 is 11.4. The summed E-state index contributed by atoms with van der Waals surface area (Å²) in [4.78, 5) is 0. The molecular weight excluding hydrogens is 216 g/mol. The molecule has 0 aromatic heterocycles. The molecule has 3 rings (SSSR count). The number of benzene rings is 1.